The van der Waals surface area contributed by atoms with Crippen molar-refractivity contribution in [1.82, 2.24) is 9.78 Å². The van der Waals surface area contributed by atoms with Gasteiger partial charge in [-0.15, -0.1) is 0 Å². The second-order valence-corrected chi connectivity index (χ2v) is 5.55. The highest BCUT2D eigenvalue weighted by molar-refractivity contribution is 7.99. The largest absolute Gasteiger partial charge is 0.396 e. The van der Waals surface area contributed by atoms with Crippen LogP contribution in [0.1, 0.15) is 18.3 Å². The summed E-state index contributed by atoms with van der Waals surface area (Å²) in [6.07, 6.45) is 0. The van der Waals surface area contributed by atoms with Crippen LogP contribution in [0.25, 0.3) is 0 Å². The topological polar surface area (TPSA) is 67.2 Å². The number of aliphatic hydroxyl groups is 1. The minimum absolute atomic E-state index is 0.0238. The van der Waals surface area contributed by atoms with E-state index >= 15 is 0 Å². The minimum atomic E-state index is -0.0238. The number of aliphatic hydroxyl groups excluding tert-OH is 1. The average Bonchev–Trinajstić information content (AvgIpc) is 2.56. The molecule has 6 heteroatoms. The summed E-state index contributed by atoms with van der Waals surface area (Å²) in [5, 5.41) is 16.0. The molecule has 1 atom stereocenters. The van der Waals surface area contributed by atoms with Gasteiger partial charge in [0.15, 0.2) is 0 Å². The monoisotopic (exact) mass is 271 g/mol. The maximum absolute atomic E-state index is 11.8. The molecule has 1 aromatic rings. The quantitative estimate of drug-likeness (QED) is 0.819. The first kappa shape index (κ1) is 15.0. The second-order valence-electron chi connectivity index (χ2n) is 4.52. The van der Waals surface area contributed by atoms with E-state index in [1.165, 1.54) is 11.8 Å². The van der Waals surface area contributed by atoms with Crippen LogP contribution in [0.4, 0.5) is 5.69 Å². The summed E-state index contributed by atoms with van der Waals surface area (Å²) in [4.78, 5) is 11.8. The predicted octanol–water partition coefficient (Wildman–Crippen LogP) is 1.34. The molecule has 1 heterocycles. The van der Waals surface area contributed by atoms with Crippen molar-refractivity contribution in [2.75, 3.05) is 23.4 Å². The Morgan fingerprint density at radius 2 is 2.22 bits per heavy atom. The van der Waals surface area contributed by atoms with Gasteiger partial charge in [0.25, 0.3) is 0 Å². The zero-order valence-corrected chi connectivity index (χ0v) is 12.2. The number of rotatable bonds is 6. The van der Waals surface area contributed by atoms with Crippen molar-refractivity contribution in [1.29, 1.82) is 0 Å². The fourth-order valence-corrected chi connectivity index (χ4v) is 2.42. The number of anilines is 1. The van der Waals surface area contributed by atoms with E-state index in [2.05, 4.69) is 10.4 Å². The standard InChI is InChI=1S/C12H21N3O2S/c1-8(5-16)6-18-7-11(17)13-12-9(2)14-15(4)10(12)3/h8,16H,5-7H2,1-4H3,(H,13,17). The Bertz CT molecular complexity index is 418. The molecule has 0 radical (unpaired) electrons. The number of thioether (sulfide) groups is 1. The zero-order valence-electron chi connectivity index (χ0n) is 11.4. The van der Waals surface area contributed by atoms with Crippen LogP contribution in [-0.2, 0) is 11.8 Å². The lowest BCUT2D eigenvalue weighted by molar-refractivity contribution is -0.113. The first-order valence-corrected chi connectivity index (χ1v) is 7.09. The second kappa shape index (κ2) is 6.80. The number of carbonyl (C=O) groups excluding carboxylic acids is 1. The first-order valence-electron chi connectivity index (χ1n) is 5.94. The van der Waals surface area contributed by atoms with E-state index in [0.717, 1.165) is 22.8 Å². The summed E-state index contributed by atoms with van der Waals surface area (Å²) in [6, 6.07) is 0. The van der Waals surface area contributed by atoms with Gasteiger partial charge in [-0.2, -0.15) is 16.9 Å². The lowest BCUT2D eigenvalue weighted by Gasteiger charge is -2.08. The van der Waals surface area contributed by atoms with Gasteiger partial charge in [-0.05, 0) is 25.5 Å². The van der Waals surface area contributed by atoms with E-state index in [0.29, 0.717) is 5.75 Å². The van der Waals surface area contributed by atoms with Gasteiger partial charge in [0, 0.05) is 13.7 Å². The van der Waals surface area contributed by atoms with Crippen LogP contribution in [0.3, 0.4) is 0 Å². The molecule has 1 aromatic heterocycles. The van der Waals surface area contributed by atoms with Crippen LogP contribution in [0, 0.1) is 19.8 Å². The SMILES string of the molecule is Cc1nn(C)c(C)c1NC(=O)CSCC(C)CO. The molecule has 1 rings (SSSR count). The third-order valence-electron chi connectivity index (χ3n) is 2.72. The van der Waals surface area contributed by atoms with E-state index in [9.17, 15) is 4.79 Å². The Hall–Kier alpha value is -1.01. The third-order valence-corrected chi connectivity index (χ3v) is 3.99. The number of amides is 1. The molecule has 0 saturated heterocycles. The molecule has 0 saturated carbocycles. The van der Waals surface area contributed by atoms with Gasteiger partial charge >= 0.3 is 0 Å². The van der Waals surface area contributed by atoms with Crippen LogP contribution >= 0.6 is 11.8 Å². The van der Waals surface area contributed by atoms with Gasteiger partial charge in [0.05, 0.1) is 22.8 Å². The molecule has 2 N–H and O–H groups in total. The molecule has 0 aromatic carbocycles. The molecular weight excluding hydrogens is 250 g/mol. The fraction of sp³-hybridized carbons (Fsp3) is 0.667. The molecule has 18 heavy (non-hydrogen) atoms. The Morgan fingerprint density at radius 1 is 1.56 bits per heavy atom. The molecule has 1 amide bonds. The van der Waals surface area contributed by atoms with Gasteiger partial charge < -0.3 is 10.4 Å². The predicted molar refractivity (Wildman–Crippen MR) is 74.9 cm³/mol. The van der Waals surface area contributed by atoms with E-state index in [1.54, 1.807) is 4.68 Å². The summed E-state index contributed by atoms with van der Waals surface area (Å²) in [7, 11) is 1.86. The Kier molecular flexibility index (Phi) is 5.68. The first-order chi connectivity index (χ1) is 8.45. The number of hydrogen-bond acceptors (Lipinski definition) is 4. The number of carbonyl (C=O) groups is 1. The van der Waals surface area contributed by atoms with Gasteiger partial charge in [-0.3, -0.25) is 9.48 Å². The van der Waals surface area contributed by atoms with E-state index in [1.807, 2.05) is 27.8 Å². The van der Waals surface area contributed by atoms with Crippen LogP contribution in [0.15, 0.2) is 0 Å². The number of aromatic nitrogens is 2. The highest BCUT2D eigenvalue weighted by Gasteiger charge is 2.12. The molecule has 0 fully saturated rings. The van der Waals surface area contributed by atoms with Crippen molar-refractivity contribution in [2.24, 2.45) is 13.0 Å². The van der Waals surface area contributed by atoms with Crippen LogP contribution in [-0.4, -0.2) is 38.9 Å². The molecule has 0 bridgehead atoms. The van der Waals surface area contributed by atoms with E-state index in [4.69, 9.17) is 5.11 Å². The molecule has 5 nitrogen and oxygen atoms in total. The highest BCUT2D eigenvalue weighted by atomic mass is 32.2. The minimum Gasteiger partial charge on any atom is -0.396 e. The van der Waals surface area contributed by atoms with Crippen molar-refractivity contribution in [2.45, 2.75) is 20.8 Å². The van der Waals surface area contributed by atoms with Crippen molar-refractivity contribution in [3.8, 4) is 0 Å². The number of nitrogens with one attached hydrogen (secondary N) is 1. The maximum atomic E-state index is 11.8. The summed E-state index contributed by atoms with van der Waals surface area (Å²) in [5.41, 5.74) is 2.59. The number of nitrogens with zero attached hydrogens (tertiary/aromatic N) is 2. The lowest BCUT2D eigenvalue weighted by atomic mass is 10.2. The van der Waals surface area contributed by atoms with Crippen LogP contribution in [0.5, 0.6) is 0 Å². The van der Waals surface area contributed by atoms with Gasteiger partial charge in [-0.1, -0.05) is 6.92 Å². The van der Waals surface area contributed by atoms with E-state index < -0.39 is 0 Å². The average molecular weight is 271 g/mol. The van der Waals surface area contributed by atoms with Gasteiger partial charge in [0.2, 0.25) is 5.91 Å². The molecule has 102 valence electrons. The Morgan fingerprint density at radius 3 is 2.72 bits per heavy atom. The Labute approximate surface area is 112 Å². The van der Waals surface area contributed by atoms with Gasteiger partial charge in [0.1, 0.15) is 0 Å². The maximum Gasteiger partial charge on any atom is 0.234 e. The highest BCUT2D eigenvalue weighted by Crippen LogP contribution is 2.18. The van der Waals surface area contributed by atoms with Crippen molar-refractivity contribution in [3.63, 3.8) is 0 Å². The van der Waals surface area contributed by atoms with Crippen molar-refractivity contribution < 1.29 is 9.90 Å². The molecular formula is C12H21N3O2S. The fourth-order valence-electron chi connectivity index (χ4n) is 1.54. The zero-order chi connectivity index (χ0) is 13.7. The van der Waals surface area contributed by atoms with Crippen LogP contribution in [0.2, 0.25) is 0 Å². The molecule has 0 spiro atoms. The van der Waals surface area contributed by atoms with Crippen molar-refractivity contribution in [3.05, 3.63) is 11.4 Å². The van der Waals surface area contributed by atoms with Crippen molar-refractivity contribution >= 4 is 23.4 Å². The normalized spacial score (nSPS) is 12.5. The smallest absolute Gasteiger partial charge is 0.234 e. The van der Waals surface area contributed by atoms with E-state index in [-0.39, 0.29) is 18.4 Å². The summed E-state index contributed by atoms with van der Waals surface area (Å²) < 4.78 is 1.76. The summed E-state index contributed by atoms with van der Waals surface area (Å²) in [5.74, 6) is 1.39. The molecule has 0 aliphatic heterocycles. The van der Waals surface area contributed by atoms with Crippen LogP contribution < -0.4 is 5.32 Å². The number of aryl methyl sites for hydroxylation is 2. The number of hydrogen-bond donors (Lipinski definition) is 2. The van der Waals surface area contributed by atoms with Gasteiger partial charge in [-0.25, -0.2) is 0 Å². The Balaban J connectivity index is 2.45. The summed E-state index contributed by atoms with van der Waals surface area (Å²) in [6.45, 7) is 5.93. The third kappa shape index (κ3) is 4.03. The molecule has 0 aliphatic carbocycles. The summed E-state index contributed by atoms with van der Waals surface area (Å²) >= 11 is 1.53. The molecule has 1 unspecified atom stereocenters. The molecule has 0 aliphatic rings. The lowest BCUT2D eigenvalue weighted by Crippen LogP contribution is -2.16.